The van der Waals surface area contributed by atoms with Crippen molar-refractivity contribution in [2.45, 2.75) is 45.4 Å². The molecule has 0 saturated heterocycles. The highest BCUT2D eigenvalue weighted by Gasteiger charge is 2.22. The van der Waals surface area contributed by atoms with Crippen molar-refractivity contribution in [2.24, 2.45) is 0 Å². The lowest BCUT2D eigenvalue weighted by molar-refractivity contribution is 0.675. The number of pyridine rings is 1. The topological polar surface area (TPSA) is 38.7 Å². The Bertz CT molecular complexity index is 841. The van der Waals surface area contributed by atoms with Crippen LogP contribution >= 0.6 is 22.9 Å². The Morgan fingerprint density at radius 3 is 2.81 bits per heavy atom. The van der Waals surface area contributed by atoms with Crippen molar-refractivity contribution in [1.82, 2.24) is 15.0 Å². The first-order valence-corrected chi connectivity index (χ1v) is 8.72. The van der Waals surface area contributed by atoms with Gasteiger partial charge in [0.25, 0.3) is 0 Å². The molecule has 3 aromatic rings. The lowest BCUT2D eigenvalue weighted by Gasteiger charge is -2.19. The molecule has 0 atom stereocenters. The van der Waals surface area contributed by atoms with E-state index in [0.29, 0.717) is 5.15 Å². The number of fused-ring (bicyclic) bond motifs is 5. The molecule has 0 spiro atoms. The molecular weight excluding hydrogens is 302 g/mol. The van der Waals surface area contributed by atoms with Crippen LogP contribution in [0.25, 0.3) is 20.4 Å². The van der Waals surface area contributed by atoms with Crippen LogP contribution in [-0.4, -0.2) is 15.0 Å². The number of aryl methyl sites for hydroxylation is 2. The van der Waals surface area contributed by atoms with Crippen molar-refractivity contribution >= 4 is 43.4 Å². The third-order valence-corrected chi connectivity index (χ3v) is 5.73. The number of thiophene rings is 1. The van der Waals surface area contributed by atoms with Gasteiger partial charge in [0.1, 0.15) is 16.3 Å². The molecule has 3 heterocycles. The predicted molar refractivity (Wildman–Crippen MR) is 88.4 cm³/mol. The molecule has 1 aliphatic carbocycles. The monoisotopic (exact) mass is 317 g/mol. The van der Waals surface area contributed by atoms with Crippen LogP contribution in [-0.2, 0) is 19.3 Å². The number of nitrogens with zero attached hydrogens (tertiary/aromatic N) is 3. The Hall–Kier alpha value is -1.26. The van der Waals surface area contributed by atoms with Crippen LogP contribution in [0.4, 0.5) is 0 Å². The van der Waals surface area contributed by atoms with Crippen molar-refractivity contribution in [1.29, 1.82) is 0 Å². The summed E-state index contributed by atoms with van der Waals surface area (Å²) in [5.74, 6) is 0. The Morgan fingerprint density at radius 2 is 2.00 bits per heavy atom. The van der Waals surface area contributed by atoms with Crippen LogP contribution in [0.5, 0.6) is 0 Å². The van der Waals surface area contributed by atoms with Crippen LogP contribution in [0.3, 0.4) is 0 Å². The first kappa shape index (κ1) is 13.4. The van der Waals surface area contributed by atoms with E-state index in [1.807, 2.05) is 0 Å². The Labute approximate surface area is 132 Å². The molecule has 4 rings (SSSR count). The summed E-state index contributed by atoms with van der Waals surface area (Å²) in [6, 6.07) is 0. The zero-order valence-electron chi connectivity index (χ0n) is 11.9. The van der Waals surface area contributed by atoms with Crippen molar-refractivity contribution in [2.75, 3.05) is 0 Å². The van der Waals surface area contributed by atoms with Gasteiger partial charge in [0, 0.05) is 11.1 Å². The molecule has 3 nitrogen and oxygen atoms in total. The maximum Gasteiger partial charge on any atom is 0.150 e. The van der Waals surface area contributed by atoms with Gasteiger partial charge in [0.15, 0.2) is 0 Å². The molecule has 0 unspecified atom stereocenters. The minimum Gasteiger partial charge on any atom is -0.242 e. The fourth-order valence-corrected chi connectivity index (χ4v) is 4.66. The summed E-state index contributed by atoms with van der Waals surface area (Å²) in [5.41, 5.74) is 5.22. The second-order valence-corrected chi connectivity index (χ2v) is 6.95. The predicted octanol–water partition coefficient (Wildman–Crippen LogP) is 4.72. The number of hydrogen-bond acceptors (Lipinski definition) is 4. The first-order chi connectivity index (χ1) is 10.3. The molecule has 0 fully saturated rings. The molecule has 0 radical (unpaired) electrons. The Morgan fingerprint density at radius 1 is 1.19 bits per heavy atom. The molecule has 0 amide bonds. The average Bonchev–Trinajstić information content (AvgIpc) is 2.88. The molecule has 0 N–H and O–H groups in total. The van der Waals surface area contributed by atoms with E-state index in [-0.39, 0.29) is 0 Å². The second kappa shape index (κ2) is 5.18. The third-order valence-electron chi connectivity index (χ3n) is 4.25. The maximum atomic E-state index is 6.24. The van der Waals surface area contributed by atoms with E-state index in [2.05, 4.69) is 16.9 Å². The summed E-state index contributed by atoms with van der Waals surface area (Å²) in [6.45, 7) is 2.22. The summed E-state index contributed by atoms with van der Waals surface area (Å²) in [5, 5.41) is 1.78. The first-order valence-electron chi connectivity index (χ1n) is 7.53. The van der Waals surface area contributed by atoms with Crippen LogP contribution in [0, 0.1) is 0 Å². The van der Waals surface area contributed by atoms with E-state index in [4.69, 9.17) is 16.6 Å². The number of halogens is 1. The summed E-state index contributed by atoms with van der Waals surface area (Å²) in [7, 11) is 0. The van der Waals surface area contributed by atoms with Crippen LogP contribution < -0.4 is 0 Å². The van der Waals surface area contributed by atoms with E-state index in [9.17, 15) is 0 Å². The smallest absolute Gasteiger partial charge is 0.150 e. The molecule has 5 heteroatoms. The Balaban J connectivity index is 2.13. The van der Waals surface area contributed by atoms with E-state index in [0.717, 1.165) is 40.7 Å². The van der Waals surface area contributed by atoms with Gasteiger partial charge in [-0.05, 0) is 43.2 Å². The fraction of sp³-hybridized carbons (Fsp3) is 0.438. The van der Waals surface area contributed by atoms with Gasteiger partial charge in [0.2, 0.25) is 0 Å². The molecular formula is C16H16ClN3S. The summed E-state index contributed by atoms with van der Waals surface area (Å²) >= 11 is 7.88. The zero-order chi connectivity index (χ0) is 14.4. The fourth-order valence-electron chi connectivity index (χ4n) is 3.35. The van der Waals surface area contributed by atoms with E-state index in [1.54, 1.807) is 17.7 Å². The summed E-state index contributed by atoms with van der Waals surface area (Å²) in [6.07, 6.45) is 8.58. The number of hydrogen-bond donors (Lipinski definition) is 0. The van der Waals surface area contributed by atoms with Gasteiger partial charge in [0.05, 0.1) is 10.2 Å². The SMILES string of the molecule is CCCc1nc2sc3c(Cl)ncnc3c2c2c1CCCC2. The van der Waals surface area contributed by atoms with Crippen molar-refractivity contribution in [3.63, 3.8) is 0 Å². The minimum absolute atomic E-state index is 0.546. The molecule has 0 saturated carbocycles. The minimum atomic E-state index is 0.546. The number of rotatable bonds is 2. The summed E-state index contributed by atoms with van der Waals surface area (Å²) < 4.78 is 0.975. The van der Waals surface area contributed by atoms with Crippen molar-refractivity contribution in [3.8, 4) is 0 Å². The van der Waals surface area contributed by atoms with Gasteiger partial charge >= 0.3 is 0 Å². The average molecular weight is 318 g/mol. The largest absolute Gasteiger partial charge is 0.242 e. The highest BCUT2D eigenvalue weighted by Crippen LogP contribution is 2.40. The number of aromatic nitrogens is 3. The van der Waals surface area contributed by atoms with E-state index in [1.165, 1.54) is 35.0 Å². The molecule has 0 bridgehead atoms. The van der Waals surface area contributed by atoms with Crippen LogP contribution in [0.1, 0.15) is 43.0 Å². The van der Waals surface area contributed by atoms with Crippen molar-refractivity contribution < 1.29 is 0 Å². The highest BCUT2D eigenvalue weighted by atomic mass is 35.5. The second-order valence-electron chi connectivity index (χ2n) is 5.60. The third kappa shape index (κ3) is 2.04. The molecule has 0 aromatic carbocycles. The highest BCUT2D eigenvalue weighted by molar-refractivity contribution is 7.26. The van der Waals surface area contributed by atoms with Crippen LogP contribution in [0.15, 0.2) is 6.33 Å². The lowest BCUT2D eigenvalue weighted by atomic mass is 9.88. The molecule has 0 aliphatic heterocycles. The Kier molecular flexibility index (Phi) is 3.31. The zero-order valence-corrected chi connectivity index (χ0v) is 13.5. The molecule has 21 heavy (non-hydrogen) atoms. The van der Waals surface area contributed by atoms with E-state index >= 15 is 0 Å². The molecule has 108 valence electrons. The van der Waals surface area contributed by atoms with Crippen molar-refractivity contribution in [3.05, 3.63) is 28.3 Å². The lowest BCUT2D eigenvalue weighted by Crippen LogP contribution is -2.09. The maximum absolute atomic E-state index is 6.24. The van der Waals surface area contributed by atoms with Gasteiger partial charge in [-0.1, -0.05) is 24.9 Å². The van der Waals surface area contributed by atoms with E-state index < -0.39 is 0 Å². The van der Waals surface area contributed by atoms with Gasteiger partial charge in [-0.15, -0.1) is 11.3 Å². The van der Waals surface area contributed by atoms with Gasteiger partial charge in [-0.25, -0.2) is 15.0 Å². The van der Waals surface area contributed by atoms with Gasteiger partial charge in [-0.3, -0.25) is 0 Å². The van der Waals surface area contributed by atoms with Gasteiger partial charge in [-0.2, -0.15) is 0 Å². The molecule has 1 aliphatic rings. The summed E-state index contributed by atoms with van der Waals surface area (Å²) in [4.78, 5) is 14.6. The van der Waals surface area contributed by atoms with Crippen LogP contribution in [0.2, 0.25) is 5.15 Å². The van der Waals surface area contributed by atoms with Gasteiger partial charge < -0.3 is 0 Å². The standard InChI is InChI=1S/C16H16ClN3S/c1-2-5-11-9-6-3-4-7-10(9)12-13-14(21-16(12)20-11)15(17)19-8-18-13/h8H,2-7H2,1H3. The molecule has 3 aromatic heterocycles. The quantitative estimate of drug-likeness (QED) is 0.642. The normalized spacial score (nSPS) is 14.8.